The molecule has 0 spiro atoms. The molecule has 3 heterocycles. The third kappa shape index (κ3) is 2.05. The van der Waals surface area contributed by atoms with Gasteiger partial charge >= 0.3 is 5.63 Å². The Morgan fingerprint density at radius 2 is 2.29 bits per heavy atom. The number of nitrogens with two attached hydrogens (primary N) is 1. The van der Waals surface area contributed by atoms with Gasteiger partial charge in [-0.3, -0.25) is 4.98 Å². The molecule has 104 valence electrons. The van der Waals surface area contributed by atoms with Crippen molar-refractivity contribution in [3.63, 3.8) is 0 Å². The average Bonchev–Trinajstić information content (AvgIpc) is 2.46. The summed E-state index contributed by atoms with van der Waals surface area (Å²) in [7, 11) is 0. The summed E-state index contributed by atoms with van der Waals surface area (Å²) in [5.74, 6) is 0.152. The van der Waals surface area contributed by atoms with Gasteiger partial charge in [-0.2, -0.15) is 5.26 Å². The lowest BCUT2D eigenvalue weighted by Gasteiger charge is -2.25. The first-order valence-corrected chi connectivity index (χ1v) is 6.24. The van der Waals surface area contributed by atoms with Gasteiger partial charge in [0.15, 0.2) is 5.88 Å². The zero-order valence-corrected chi connectivity index (χ0v) is 11.2. The maximum absolute atomic E-state index is 12.2. The number of hydrogen-bond acceptors (Lipinski definition) is 6. The van der Waals surface area contributed by atoms with Crippen molar-refractivity contribution in [1.29, 1.82) is 5.26 Å². The monoisotopic (exact) mass is 281 g/mol. The van der Waals surface area contributed by atoms with Crippen LogP contribution in [0, 0.1) is 11.3 Å². The molecule has 0 aromatic carbocycles. The van der Waals surface area contributed by atoms with Gasteiger partial charge in [0.05, 0.1) is 23.1 Å². The number of hydrogen-bond donors (Lipinski definition) is 1. The lowest BCUT2D eigenvalue weighted by molar-refractivity contribution is 0.386. The zero-order valence-electron chi connectivity index (χ0n) is 11.2. The van der Waals surface area contributed by atoms with Gasteiger partial charge in [-0.25, -0.2) is 4.79 Å². The van der Waals surface area contributed by atoms with Crippen LogP contribution in [0.15, 0.2) is 51.1 Å². The van der Waals surface area contributed by atoms with Crippen LogP contribution in [0.25, 0.3) is 0 Å². The highest BCUT2D eigenvalue weighted by molar-refractivity contribution is 5.55. The van der Waals surface area contributed by atoms with Gasteiger partial charge in [0.2, 0.25) is 0 Å². The Labute approximate surface area is 120 Å². The Morgan fingerprint density at radius 1 is 1.48 bits per heavy atom. The molecule has 1 aliphatic rings. The molecule has 6 heteroatoms. The van der Waals surface area contributed by atoms with Crippen LogP contribution in [0.1, 0.15) is 24.0 Å². The summed E-state index contributed by atoms with van der Waals surface area (Å²) in [6.45, 7) is 1.68. The molecule has 0 saturated carbocycles. The fraction of sp³-hybridized carbons (Fsp3) is 0.133. The molecule has 0 bridgehead atoms. The fourth-order valence-electron chi connectivity index (χ4n) is 2.43. The van der Waals surface area contributed by atoms with Gasteiger partial charge < -0.3 is 14.9 Å². The highest BCUT2D eigenvalue weighted by atomic mass is 16.5. The number of allylic oxidation sites excluding steroid dienone is 2. The molecule has 1 atom stereocenters. The van der Waals surface area contributed by atoms with E-state index >= 15 is 0 Å². The fourth-order valence-corrected chi connectivity index (χ4v) is 2.43. The van der Waals surface area contributed by atoms with E-state index in [4.69, 9.17) is 14.9 Å². The first-order chi connectivity index (χ1) is 10.1. The minimum atomic E-state index is -0.612. The maximum Gasteiger partial charge on any atom is 0.345 e. The molecule has 2 aromatic heterocycles. The molecule has 3 rings (SSSR count). The summed E-state index contributed by atoms with van der Waals surface area (Å²) in [6, 6.07) is 7.08. The number of anilines is 1. The van der Waals surface area contributed by atoms with Crippen molar-refractivity contribution < 1.29 is 9.15 Å². The van der Waals surface area contributed by atoms with E-state index in [1.165, 1.54) is 6.07 Å². The summed E-state index contributed by atoms with van der Waals surface area (Å²) in [4.78, 5) is 16.2. The molecular weight excluding hydrogens is 270 g/mol. The predicted molar refractivity (Wildman–Crippen MR) is 74.4 cm³/mol. The molecule has 0 amide bonds. The molecule has 2 N–H and O–H groups in total. The normalized spacial score (nSPS) is 16.9. The van der Waals surface area contributed by atoms with Crippen LogP contribution in [0.4, 0.5) is 5.88 Å². The van der Waals surface area contributed by atoms with Crippen molar-refractivity contribution in [3.8, 4) is 11.8 Å². The van der Waals surface area contributed by atoms with E-state index in [-0.39, 0.29) is 11.4 Å². The molecule has 6 nitrogen and oxygen atoms in total. The lowest BCUT2D eigenvalue weighted by atomic mass is 9.84. The van der Waals surface area contributed by atoms with E-state index in [9.17, 15) is 10.1 Å². The quantitative estimate of drug-likeness (QED) is 0.856. The number of ether oxygens (including phenoxy) is 1. The molecule has 2 aromatic rings. The highest BCUT2D eigenvalue weighted by Gasteiger charge is 2.33. The number of nitrogens with zero attached hydrogens (tertiary/aromatic N) is 2. The van der Waals surface area contributed by atoms with Crippen LogP contribution in [0.3, 0.4) is 0 Å². The van der Waals surface area contributed by atoms with Crippen LogP contribution in [0.5, 0.6) is 5.75 Å². The summed E-state index contributed by atoms with van der Waals surface area (Å²) in [6.07, 6.45) is 3.23. The Bertz CT molecular complexity index is 831. The number of nitrogen functional groups attached to an aromatic ring is 1. The van der Waals surface area contributed by atoms with Gasteiger partial charge in [0.1, 0.15) is 11.5 Å². The third-order valence-corrected chi connectivity index (χ3v) is 3.33. The standard InChI is InChI=1S/C15H11N3O3/c1-8-10(6-16)13(9-3-2-4-18-7-9)14-11(20-8)5-12(17)21-15(14)19/h2-5,7,13H,17H2,1H3. The second-order valence-corrected chi connectivity index (χ2v) is 4.62. The van der Waals surface area contributed by atoms with Gasteiger partial charge in [0.25, 0.3) is 0 Å². The molecule has 0 saturated heterocycles. The van der Waals surface area contributed by atoms with Crippen molar-refractivity contribution in [3.05, 3.63) is 63.5 Å². The first kappa shape index (κ1) is 12.9. The molecule has 0 fully saturated rings. The van der Waals surface area contributed by atoms with Gasteiger partial charge in [-0.1, -0.05) is 6.07 Å². The predicted octanol–water partition coefficient (Wildman–Crippen LogP) is 1.94. The number of pyridine rings is 1. The highest BCUT2D eigenvalue weighted by Crippen LogP contribution is 2.41. The van der Waals surface area contributed by atoms with Crippen LogP contribution in [-0.4, -0.2) is 4.98 Å². The van der Waals surface area contributed by atoms with Crippen LogP contribution >= 0.6 is 0 Å². The Hall–Kier alpha value is -3.07. The van der Waals surface area contributed by atoms with Crippen molar-refractivity contribution >= 4 is 5.88 Å². The minimum Gasteiger partial charge on any atom is -0.460 e. The number of aromatic nitrogens is 1. The second kappa shape index (κ2) is 4.80. The smallest absolute Gasteiger partial charge is 0.345 e. The molecular formula is C15H11N3O3. The van der Waals surface area contributed by atoms with Gasteiger partial charge in [-0.15, -0.1) is 0 Å². The Balaban J connectivity index is 2.32. The number of fused-ring (bicyclic) bond motifs is 1. The summed E-state index contributed by atoms with van der Waals surface area (Å²) < 4.78 is 10.5. The molecule has 21 heavy (non-hydrogen) atoms. The van der Waals surface area contributed by atoms with Gasteiger partial charge in [0, 0.05) is 18.5 Å². The Kier molecular flexibility index (Phi) is 2.95. The molecule has 1 aliphatic heterocycles. The van der Waals surface area contributed by atoms with Crippen LogP contribution in [-0.2, 0) is 0 Å². The first-order valence-electron chi connectivity index (χ1n) is 6.24. The lowest BCUT2D eigenvalue weighted by Crippen LogP contribution is -2.23. The topological polar surface area (TPSA) is 102 Å². The largest absolute Gasteiger partial charge is 0.460 e. The summed E-state index contributed by atoms with van der Waals surface area (Å²) in [5.41, 5.74) is 6.26. The van der Waals surface area contributed by atoms with Crippen molar-refractivity contribution in [1.82, 2.24) is 4.98 Å². The van der Waals surface area contributed by atoms with Crippen molar-refractivity contribution in [2.24, 2.45) is 0 Å². The maximum atomic E-state index is 12.2. The van der Waals surface area contributed by atoms with E-state index in [1.54, 1.807) is 31.5 Å². The third-order valence-electron chi connectivity index (χ3n) is 3.33. The van der Waals surface area contributed by atoms with Crippen molar-refractivity contribution in [2.45, 2.75) is 12.8 Å². The van der Waals surface area contributed by atoms with Gasteiger partial charge in [-0.05, 0) is 18.6 Å². The van der Waals surface area contributed by atoms with Crippen LogP contribution < -0.4 is 16.1 Å². The molecule has 0 aliphatic carbocycles. The van der Waals surface area contributed by atoms with Crippen LogP contribution in [0.2, 0.25) is 0 Å². The zero-order chi connectivity index (χ0) is 15.0. The second-order valence-electron chi connectivity index (χ2n) is 4.62. The van der Waals surface area contributed by atoms with E-state index < -0.39 is 11.5 Å². The summed E-state index contributed by atoms with van der Waals surface area (Å²) >= 11 is 0. The average molecular weight is 281 g/mol. The van der Waals surface area contributed by atoms with E-state index in [1.807, 2.05) is 0 Å². The van der Waals surface area contributed by atoms with E-state index in [0.717, 1.165) is 5.56 Å². The number of rotatable bonds is 1. The summed E-state index contributed by atoms with van der Waals surface area (Å²) in [5, 5.41) is 9.40. The number of nitriles is 1. The van der Waals surface area contributed by atoms with E-state index in [0.29, 0.717) is 17.1 Å². The van der Waals surface area contributed by atoms with Crippen molar-refractivity contribution in [2.75, 3.05) is 5.73 Å². The molecule has 1 unspecified atom stereocenters. The minimum absolute atomic E-state index is 0.0307. The molecule has 0 radical (unpaired) electrons. The Morgan fingerprint density at radius 3 is 2.95 bits per heavy atom. The SMILES string of the molecule is CC1=C(C#N)C(c2cccnc2)c2c(cc(N)oc2=O)O1. The van der Waals surface area contributed by atoms with E-state index in [2.05, 4.69) is 11.1 Å².